The number of furan rings is 1. The highest BCUT2D eigenvalue weighted by Crippen LogP contribution is 2.20. The van der Waals surface area contributed by atoms with Crippen molar-refractivity contribution in [3.8, 4) is 0 Å². The summed E-state index contributed by atoms with van der Waals surface area (Å²) in [6.45, 7) is 4.23. The summed E-state index contributed by atoms with van der Waals surface area (Å²) in [5.41, 5.74) is 3.93. The Hall–Kier alpha value is -1.48. The minimum absolute atomic E-state index is 0.400. The van der Waals surface area contributed by atoms with Gasteiger partial charge < -0.3 is 4.42 Å². The van der Waals surface area contributed by atoms with Crippen LogP contribution in [0.25, 0.3) is 0 Å². The van der Waals surface area contributed by atoms with E-state index in [1.807, 2.05) is 6.07 Å². The Morgan fingerprint density at radius 3 is 2.44 bits per heavy atom. The van der Waals surface area contributed by atoms with E-state index in [0.717, 1.165) is 23.6 Å². The summed E-state index contributed by atoms with van der Waals surface area (Å²) in [6, 6.07) is 10.2. The summed E-state index contributed by atoms with van der Waals surface area (Å²) < 4.78 is 5.33. The summed E-state index contributed by atoms with van der Waals surface area (Å²) in [7, 11) is 0. The first kappa shape index (κ1) is 13.0. The molecule has 0 bridgehead atoms. The first-order valence-corrected chi connectivity index (χ1v) is 7.01. The summed E-state index contributed by atoms with van der Waals surface area (Å²) in [6.07, 6.45) is 0.734. The van der Waals surface area contributed by atoms with Gasteiger partial charge in [0.1, 0.15) is 5.76 Å². The molecule has 0 saturated heterocycles. The molecular formula is C15H16O2S. The standard InChI is InChI=1S/C15H16O2S/c1-11-5-12(2)7-13(6-11)9-18-10-15-4-3-14(8-16)17-15/h3-8H,9-10H2,1-2H3. The Morgan fingerprint density at radius 1 is 1.11 bits per heavy atom. The van der Waals surface area contributed by atoms with Gasteiger partial charge in [0.25, 0.3) is 0 Å². The predicted octanol–water partition coefficient (Wildman–Crippen LogP) is 4.14. The molecule has 0 fully saturated rings. The fraction of sp³-hybridized carbons (Fsp3) is 0.267. The maximum Gasteiger partial charge on any atom is 0.185 e. The van der Waals surface area contributed by atoms with Crippen LogP contribution in [0, 0.1) is 13.8 Å². The van der Waals surface area contributed by atoms with Gasteiger partial charge in [-0.25, -0.2) is 0 Å². The number of aryl methyl sites for hydroxylation is 2. The molecule has 18 heavy (non-hydrogen) atoms. The molecule has 3 heteroatoms. The molecule has 2 rings (SSSR count). The molecular weight excluding hydrogens is 244 g/mol. The third kappa shape index (κ3) is 3.50. The average Bonchev–Trinajstić information content (AvgIpc) is 2.76. The van der Waals surface area contributed by atoms with Crippen LogP contribution in [0.4, 0.5) is 0 Å². The van der Waals surface area contributed by atoms with Crippen molar-refractivity contribution in [1.82, 2.24) is 0 Å². The van der Waals surface area contributed by atoms with Crippen molar-refractivity contribution in [2.24, 2.45) is 0 Å². The largest absolute Gasteiger partial charge is 0.457 e. The van der Waals surface area contributed by atoms with Gasteiger partial charge in [0.05, 0.1) is 5.75 Å². The zero-order chi connectivity index (χ0) is 13.0. The van der Waals surface area contributed by atoms with Crippen LogP contribution in [0.15, 0.2) is 34.7 Å². The van der Waals surface area contributed by atoms with Crippen LogP contribution in [-0.4, -0.2) is 6.29 Å². The Bertz CT molecular complexity index is 523. The minimum Gasteiger partial charge on any atom is -0.457 e. The molecule has 94 valence electrons. The van der Waals surface area contributed by atoms with Crippen LogP contribution in [0.1, 0.15) is 33.0 Å². The Balaban J connectivity index is 1.89. The molecule has 0 atom stereocenters. The summed E-state index contributed by atoms with van der Waals surface area (Å²) >= 11 is 1.79. The maximum atomic E-state index is 10.5. The van der Waals surface area contributed by atoms with E-state index in [2.05, 4.69) is 32.0 Å². The Morgan fingerprint density at radius 2 is 1.83 bits per heavy atom. The fourth-order valence-electron chi connectivity index (χ4n) is 1.96. The molecule has 0 aliphatic carbocycles. The van der Waals surface area contributed by atoms with Crippen molar-refractivity contribution in [3.05, 3.63) is 58.5 Å². The summed E-state index contributed by atoms with van der Waals surface area (Å²) in [5, 5.41) is 0. The lowest BCUT2D eigenvalue weighted by Gasteiger charge is -2.04. The second kappa shape index (κ2) is 5.91. The van der Waals surface area contributed by atoms with Crippen molar-refractivity contribution in [2.75, 3.05) is 0 Å². The lowest BCUT2D eigenvalue weighted by Crippen LogP contribution is -1.86. The molecule has 0 N–H and O–H groups in total. The van der Waals surface area contributed by atoms with Crippen LogP contribution in [0.2, 0.25) is 0 Å². The highest BCUT2D eigenvalue weighted by atomic mass is 32.2. The molecule has 1 aromatic heterocycles. The zero-order valence-electron chi connectivity index (χ0n) is 10.6. The third-order valence-electron chi connectivity index (χ3n) is 2.59. The van der Waals surface area contributed by atoms with Gasteiger partial charge in [-0.15, -0.1) is 11.8 Å². The first-order valence-electron chi connectivity index (χ1n) is 5.86. The van der Waals surface area contributed by atoms with E-state index in [1.54, 1.807) is 17.8 Å². The number of rotatable bonds is 5. The van der Waals surface area contributed by atoms with Gasteiger partial charge >= 0.3 is 0 Å². The number of hydrogen-bond acceptors (Lipinski definition) is 3. The summed E-state index contributed by atoms with van der Waals surface area (Å²) in [5.74, 6) is 3.00. The number of aldehydes is 1. The molecule has 0 aliphatic rings. The van der Waals surface area contributed by atoms with Crippen LogP contribution >= 0.6 is 11.8 Å². The molecule has 0 radical (unpaired) electrons. The topological polar surface area (TPSA) is 30.2 Å². The van der Waals surface area contributed by atoms with Crippen molar-refractivity contribution in [2.45, 2.75) is 25.4 Å². The monoisotopic (exact) mass is 260 g/mol. The number of benzene rings is 1. The predicted molar refractivity (Wildman–Crippen MR) is 75.0 cm³/mol. The minimum atomic E-state index is 0.400. The average molecular weight is 260 g/mol. The highest BCUT2D eigenvalue weighted by molar-refractivity contribution is 7.97. The lowest BCUT2D eigenvalue weighted by atomic mass is 10.1. The fourth-order valence-corrected chi connectivity index (χ4v) is 2.82. The van der Waals surface area contributed by atoms with Crippen LogP contribution in [0.3, 0.4) is 0 Å². The maximum absolute atomic E-state index is 10.5. The number of carbonyl (C=O) groups is 1. The molecule has 1 aromatic carbocycles. The highest BCUT2D eigenvalue weighted by Gasteiger charge is 2.02. The van der Waals surface area contributed by atoms with Crippen molar-refractivity contribution in [3.63, 3.8) is 0 Å². The van der Waals surface area contributed by atoms with Crippen molar-refractivity contribution < 1.29 is 9.21 Å². The number of hydrogen-bond donors (Lipinski definition) is 0. The normalized spacial score (nSPS) is 10.6. The summed E-state index contributed by atoms with van der Waals surface area (Å²) in [4.78, 5) is 10.5. The van der Waals surface area contributed by atoms with E-state index in [1.165, 1.54) is 16.7 Å². The number of carbonyl (C=O) groups excluding carboxylic acids is 1. The molecule has 0 saturated carbocycles. The Kier molecular flexibility index (Phi) is 4.26. The quantitative estimate of drug-likeness (QED) is 0.757. The second-order valence-electron chi connectivity index (χ2n) is 4.41. The van der Waals surface area contributed by atoms with E-state index >= 15 is 0 Å². The van der Waals surface area contributed by atoms with Crippen LogP contribution < -0.4 is 0 Å². The SMILES string of the molecule is Cc1cc(C)cc(CSCc2ccc(C=O)o2)c1. The van der Waals surface area contributed by atoms with Gasteiger partial charge in [-0.2, -0.15) is 0 Å². The Labute approximate surface area is 111 Å². The van der Waals surface area contributed by atoms with Gasteiger partial charge in [0, 0.05) is 5.75 Å². The molecule has 0 spiro atoms. The molecule has 2 nitrogen and oxygen atoms in total. The van der Waals surface area contributed by atoms with E-state index < -0.39 is 0 Å². The molecule has 0 unspecified atom stereocenters. The van der Waals surface area contributed by atoms with E-state index in [0.29, 0.717) is 5.76 Å². The van der Waals surface area contributed by atoms with Gasteiger partial charge in [-0.3, -0.25) is 4.79 Å². The third-order valence-corrected chi connectivity index (χ3v) is 3.62. The van der Waals surface area contributed by atoms with Gasteiger partial charge in [-0.1, -0.05) is 29.3 Å². The van der Waals surface area contributed by atoms with Gasteiger partial charge in [-0.05, 0) is 31.5 Å². The van der Waals surface area contributed by atoms with Crippen LogP contribution in [0.5, 0.6) is 0 Å². The van der Waals surface area contributed by atoms with Crippen molar-refractivity contribution >= 4 is 18.0 Å². The molecule has 2 aromatic rings. The molecule has 0 amide bonds. The van der Waals surface area contributed by atoms with Crippen LogP contribution in [-0.2, 0) is 11.5 Å². The van der Waals surface area contributed by atoms with E-state index in [-0.39, 0.29) is 0 Å². The molecule has 1 heterocycles. The zero-order valence-corrected chi connectivity index (χ0v) is 11.4. The number of thioether (sulfide) groups is 1. The lowest BCUT2D eigenvalue weighted by molar-refractivity contribution is 0.109. The smallest absolute Gasteiger partial charge is 0.185 e. The van der Waals surface area contributed by atoms with E-state index in [9.17, 15) is 4.79 Å². The van der Waals surface area contributed by atoms with Gasteiger partial charge in [0.15, 0.2) is 12.0 Å². The van der Waals surface area contributed by atoms with Crippen molar-refractivity contribution in [1.29, 1.82) is 0 Å². The first-order chi connectivity index (χ1) is 8.67. The van der Waals surface area contributed by atoms with E-state index in [4.69, 9.17) is 4.42 Å². The van der Waals surface area contributed by atoms with Gasteiger partial charge in [0.2, 0.25) is 0 Å². The second-order valence-corrected chi connectivity index (χ2v) is 5.40. The molecule has 0 aliphatic heterocycles.